The van der Waals surface area contributed by atoms with E-state index >= 15 is 0 Å². The number of carbonyl (C=O) groups is 9. The van der Waals surface area contributed by atoms with Crippen LogP contribution in [0.1, 0.15) is 159 Å². The van der Waals surface area contributed by atoms with Crippen molar-refractivity contribution in [1.82, 2.24) is 42.5 Å². The van der Waals surface area contributed by atoms with Gasteiger partial charge in [-0.1, -0.05) is 81.1 Å². The molecule has 0 fully saturated rings. The molecule has 9 amide bonds. The van der Waals surface area contributed by atoms with Crippen molar-refractivity contribution in [2.24, 2.45) is 62.1 Å². The van der Waals surface area contributed by atoms with Crippen molar-refractivity contribution in [1.29, 1.82) is 0 Å². The number of nitrogens with zero attached hydrogens (tertiary/aromatic N) is 2. The number of hydrogen-bond acceptors (Lipinski definition) is 12. The second-order valence-electron chi connectivity index (χ2n) is 20.0. The van der Waals surface area contributed by atoms with Crippen LogP contribution in [0.5, 0.6) is 0 Å². The number of carbonyl (C=O) groups excluding carboxylic acids is 9. The van der Waals surface area contributed by atoms with Gasteiger partial charge in [0, 0.05) is 20.0 Å². The Balaban J connectivity index is 6.74. The van der Waals surface area contributed by atoms with E-state index in [-0.39, 0.29) is 81.8 Å². The van der Waals surface area contributed by atoms with Crippen LogP contribution in [0, 0.1) is 17.8 Å². The van der Waals surface area contributed by atoms with Crippen LogP contribution in [0.2, 0.25) is 0 Å². The van der Waals surface area contributed by atoms with Crippen LogP contribution in [-0.2, 0) is 43.2 Å². The number of primary amides is 1. The van der Waals surface area contributed by atoms with E-state index in [0.29, 0.717) is 51.5 Å². The summed E-state index contributed by atoms with van der Waals surface area (Å²) in [6, 6.07) is -9.01. The molecule has 0 saturated heterocycles. The molecular formula is C49H94N16O9. The Hall–Kier alpha value is -6.27. The number of aliphatic imine (C=N–C) groups is 2. The van der Waals surface area contributed by atoms with E-state index in [4.69, 9.17) is 34.4 Å². The van der Waals surface area contributed by atoms with E-state index < -0.39 is 107 Å². The van der Waals surface area contributed by atoms with E-state index in [0.717, 1.165) is 6.42 Å². The Morgan fingerprint density at radius 2 is 0.730 bits per heavy atom. The maximum atomic E-state index is 14.3. The molecule has 0 aliphatic heterocycles. The fraction of sp³-hybridized carbons (Fsp3) is 0.776. The topological polar surface area (TPSA) is 431 Å². The molecule has 0 rings (SSSR count). The Morgan fingerprint density at radius 1 is 0.405 bits per heavy atom. The normalized spacial score (nSPS) is 14.4. The molecular weight excluding hydrogens is 957 g/mol. The van der Waals surface area contributed by atoms with Crippen LogP contribution in [0.15, 0.2) is 9.98 Å². The van der Waals surface area contributed by atoms with E-state index in [1.165, 1.54) is 6.92 Å². The number of amides is 9. The van der Waals surface area contributed by atoms with Gasteiger partial charge in [-0.05, 0) is 94.9 Å². The molecule has 424 valence electrons. The van der Waals surface area contributed by atoms with Crippen molar-refractivity contribution in [3.63, 3.8) is 0 Å². The van der Waals surface area contributed by atoms with Gasteiger partial charge in [0.05, 0.1) is 0 Å². The molecule has 25 nitrogen and oxygen atoms in total. The van der Waals surface area contributed by atoms with Gasteiger partial charge >= 0.3 is 0 Å². The maximum Gasteiger partial charge on any atom is 0.243 e. The summed E-state index contributed by atoms with van der Waals surface area (Å²) in [6.07, 6.45) is 5.22. The molecule has 0 radical (unpaired) electrons. The molecule has 0 heterocycles. The first-order valence-corrected chi connectivity index (χ1v) is 26.3. The molecule has 74 heavy (non-hydrogen) atoms. The first-order chi connectivity index (χ1) is 34.8. The number of hydrogen-bond donors (Lipinski definition) is 14. The molecule has 0 aliphatic rings. The van der Waals surface area contributed by atoms with Crippen LogP contribution in [0.25, 0.3) is 0 Å². The zero-order valence-electron chi connectivity index (χ0n) is 45.6. The summed E-state index contributed by atoms with van der Waals surface area (Å²) < 4.78 is 0. The third-order valence-corrected chi connectivity index (χ3v) is 11.7. The highest BCUT2D eigenvalue weighted by molar-refractivity contribution is 5.98. The van der Waals surface area contributed by atoms with Crippen LogP contribution >= 0.6 is 0 Å². The molecule has 20 N–H and O–H groups in total. The molecule has 0 aromatic carbocycles. The summed E-state index contributed by atoms with van der Waals surface area (Å²) in [5.41, 5.74) is 33.2. The number of nitrogens with two attached hydrogens (primary N) is 6. The largest absolute Gasteiger partial charge is 0.370 e. The van der Waals surface area contributed by atoms with Crippen molar-refractivity contribution in [3.05, 3.63) is 0 Å². The van der Waals surface area contributed by atoms with Crippen molar-refractivity contribution >= 4 is 65.1 Å². The third kappa shape index (κ3) is 29.4. The Labute approximate surface area is 438 Å². The molecule has 0 aliphatic carbocycles. The SMILES string of the molecule is CCCC[C@H](NC(C)=O)C(=O)N[C@@H](CC(C)C)C(=O)N[C@@H](CC(C)C)C(=O)N[C@@H](CCCC)C(=O)N[C@@H](CCCN=C(N)N)C(=O)N[C@H](C(=O)N[C@@H](CCCCN)C(=O)N[C@@H](CCCN=C(N)N)C(N)=O)C(C)C. The first kappa shape index (κ1) is 67.7. The monoisotopic (exact) mass is 1050 g/mol. The van der Waals surface area contributed by atoms with E-state index in [1.54, 1.807) is 13.8 Å². The van der Waals surface area contributed by atoms with Crippen LogP contribution in [0.4, 0.5) is 0 Å². The summed E-state index contributed by atoms with van der Waals surface area (Å²) in [5, 5.41) is 21.9. The van der Waals surface area contributed by atoms with E-state index in [1.807, 2.05) is 41.5 Å². The minimum absolute atomic E-state index is 0.00668. The molecule has 0 spiro atoms. The zero-order valence-corrected chi connectivity index (χ0v) is 45.6. The average molecular weight is 1050 g/mol. The van der Waals surface area contributed by atoms with Crippen LogP contribution in [-0.4, -0.2) is 133 Å². The lowest BCUT2D eigenvalue weighted by Crippen LogP contribution is -2.61. The highest BCUT2D eigenvalue weighted by Gasteiger charge is 2.35. The lowest BCUT2D eigenvalue weighted by Gasteiger charge is -2.29. The summed E-state index contributed by atoms with van der Waals surface area (Å²) in [4.78, 5) is 130. The van der Waals surface area contributed by atoms with Crippen molar-refractivity contribution in [3.8, 4) is 0 Å². The van der Waals surface area contributed by atoms with Gasteiger partial charge in [-0.15, -0.1) is 0 Å². The molecule has 0 saturated carbocycles. The third-order valence-electron chi connectivity index (χ3n) is 11.7. The molecule has 0 bridgehead atoms. The lowest BCUT2D eigenvalue weighted by atomic mass is 9.99. The van der Waals surface area contributed by atoms with Gasteiger partial charge < -0.3 is 76.9 Å². The van der Waals surface area contributed by atoms with Crippen LogP contribution < -0.4 is 76.9 Å². The predicted molar refractivity (Wildman–Crippen MR) is 286 cm³/mol. The molecule has 0 unspecified atom stereocenters. The molecule has 25 heteroatoms. The van der Waals surface area contributed by atoms with Gasteiger partial charge in [0.2, 0.25) is 53.2 Å². The molecule has 0 aromatic rings. The van der Waals surface area contributed by atoms with E-state index in [2.05, 4.69) is 52.5 Å². The van der Waals surface area contributed by atoms with E-state index in [9.17, 15) is 43.2 Å². The second-order valence-corrected chi connectivity index (χ2v) is 20.0. The minimum atomic E-state index is -1.28. The van der Waals surface area contributed by atoms with Gasteiger partial charge in [-0.3, -0.25) is 53.1 Å². The standard InChI is InChI=1S/C49H94N16O9/c1-10-12-18-33(58-31(9)66)41(68)63-38(27-29(5)6)46(73)64-37(26-28(3)4)45(72)61-34(19-13-11-2)43(70)60-36(22-17-25-57-49(54)55)44(71)65-39(30(7)8)47(74)62-35(20-14-15-23-50)42(69)59-32(40(51)67)21-16-24-56-48(52)53/h28-30,32-39H,10-27,50H2,1-9H3,(H2,51,67)(H,58,66)(H,59,69)(H,60,70)(H,61,72)(H,62,74)(H,63,68)(H,64,73)(H,65,71)(H4,52,53,56)(H4,54,55,57)/t32-,33-,34-,35-,36-,37-,38-,39-/m0/s1. The number of nitrogens with one attached hydrogen (secondary N) is 8. The Morgan fingerprint density at radius 3 is 1.08 bits per heavy atom. The quantitative estimate of drug-likeness (QED) is 0.0194. The summed E-state index contributed by atoms with van der Waals surface area (Å²) in [5.74, 6) is -6.91. The van der Waals surface area contributed by atoms with Gasteiger partial charge in [-0.2, -0.15) is 0 Å². The van der Waals surface area contributed by atoms with Gasteiger partial charge in [0.1, 0.15) is 48.3 Å². The molecule has 0 aromatic heterocycles. The number of rotatable bonds is 39. The zero-order chi connectivity index (χ0) is 56.5. The first-order valence-electron chi connectivity index (χ1n) is 26.3. The van der Waals surface area contributed by atoms with Crippen molar-refractivity contribution in [2.45, 2.75) is 207 Å². The minimum Gasteiger partial charge on any atom is -0.370 e. The van der Waals surface area contributed by atoms with Gasteiger partial charge in [0.15, 0.2) is 11.9 Å². The second kappa shape index (κ2) is 37.5. The Kier molecular flexibility index (Phi) is 34.3. The van der Waals surface area contributed by atoms with Crippen molar-refractivity contribution in [2.75, 3.05) is 19.6 Å². The molecule has 8 atom stereocenters. The smallest absolute Gasteiger partial charge is 0.243 e. The lowest BCUT2D eigenvalue weighted by molar-refractivity contribution is -0.136. The maximum absolute atomic E-state index is 14.3. The highest BCUT2D eigenvalue weighted by Crippen LogP contribution is 2.14. The summed E-state index contributed by atoms with van der Waals surface area (Å²) >= 11 is 0. The highest BCUT2D eigenvalue weighted by atomic mass is 16.2. The van der Waals surface area contributed by atoms with Gasteiger partial charge in [-0.25, -0.2) is 0 Å². The predicted octanol–water partition coefficient (Wildman–Crippen LogP) is -1.27. The average Bonchev–Trinajstić information content (AvgIpc) is 3.30. The number of unbranched alkanes of at least 4 members (excludes halogenated alkanes) is 3. The van der Waals surface area contributed by atoms with Gasteiger partial charge in [0.25, 0.3) is 0 Å². The van der Waals surface area contributed by atoms with Crippen LogP contribution in [0.3, 0.4) is 0 Å². The Bertz CT molecular complexity index is 1840. The summed E-state index contributed by atoms with van der Waals surface area (Å²) in [6.45, 7) is 16.6. The number of guanidine groups is 2. The fourth-order valence-electron chi connectivity index (χ4n) is 7.74. The fourth-order valence-corrected chi connectivity index (χ4v) is 7.74. The van der Waals surface area contributed by atoms with Crippen molar-refractivity contribution < 1.29 is 43.2 Å². The summed E-state index contributed by atoms with van der Waals surface area (Å²) in [7, 11) is 0.